The first-order valence-electron chi connectivity index (χ1n) is 6.37. The zero-order valence-electron chi connectivity index (χ0n) is 11.5. The molecule has 0 saturated carbocycles. The van der Waals surface area contributed by atoms with E-state index in [0.29, 0.717) is 0 Å². The number of nitrogens with two attached hydrogens (primary N) is 1. The highest BCUT2D eigenvalue weighted by atomic mass is 19.4. The summed E-state index contributed by atoms with van der Waals surface area (Å²) in [4.78, 5) is 0. The largest absolute Gasteiger partial charge is 0.573 e. The molecule has 2 N–H and O–H groups in total. The number of ether oxygens (including phenoxy) is 1. The molecule has 8 heteroatoms. The first kappa shape index (κ1) is 17.1. The van der Waals surface area contributed by atoms with E-state index in [1.54, 1.807) is 0 Å². The van der Waals surface area contributed by atoms with Crippen LogP contribution < -0.4 is 10.5 Å². The molecular weight excluding hydrogens is 324 g/mol. The van der Waals surface area contributed by atoms with Crippen LogP contribution in [0.25, 0.3) is 11.1 Å². The Bertz CT molecular complexity index is 693. The summed E-state index contributed by atoms with van der Waals surface area (Å²) in [6, 6.07) is 8.16. The zero-order valence-corrected chi connectivity index (χ0v) is 11.5. The third-order valence-electron chi connectivity index (χ3n) is 3.06. The molecule has 0 aliphatic heterocycles. The minimum atomic E-state index is -4.94. The van der Waals surface area contributed by atoms with E-state index in [2.05, 4.69) is 4.74 Å². The van der Waals surface area contributed by atoms with Crippen molar-refractivity contribution in [3.05, 3.63) is 53.6 Å². The van der Waals surface area contributed by atoms with Crippen LogP contribution in [0.4, 0.5) is 26.3 Å². The van der Waals surface area contributed by atoms with Crippen LogP contribution in [0.1, 0.15) is 11.1 Å². The predicted octanol–water partition coefficient (Wildman–Crippen LogP) is 4.73. The highest BCUT2D eigenvalue weighted by Gasteiger charge is 2.34. The van der Waals surface area contributed by atoms with Crippen molar-refractivity contribution >= 4 is 0 Å². The van der Waals surface area contributed by atoms with Gasteiger partial charge in [0.15, 0.2) is 0 Å². The molecule has 0 heterocycles. The Kier molecular flexibility index (Phi) is 4.56. The molecule has 23 heavy (non-hydrogen) atoms. The lowest BCUT2D eigenvalue weighted by molar-refractivity contribution is -0.274. The summed E-state index contributed by atoms with van der Waals surface area (Å²) in [7, 11) is 0. The Labute approximate surface area is 127 Å². The molecule has 2 aromatic carbocycles. The van der Waals surface area contributed by atoms with Gasteiger partial charge < -0.3 is 10.5 Å². The van der Waals surface area contributed by atoms with Gasteiger partial charge in [-0.25, -0.2) is 0 Å². The SMILES string of the molecule is NCc1ccc(-c2ccccc2OC(F)(F)F)cc1C(F)(F)F. The van der Waals surface area contributed by atoms with Crippen LogP contribution >= 0.6 is 0 Å². The number of hydrogen-bond acceptors (Lipinski definition) is 2. The molecule has 0 unspecified atom stereocenters. The molecule has 2 nitrogen and oxygen atoms in total. The van der Waals surface area contributed by atoms with Gasteiger partial charge in [0.05, 0.1) is 5.56 Å². The molecule has 2 aromatic rings. The van der Waals surface area contributed by atoms with Crippen LogP contribution in [-0.2, 0) is 12.7 Å². The van der Waals surface area contributed by atoms with Crippen molar-refractivity contribution in [3.63, 3.8) is 0 Å². The lowest BCUT2D eigenvalue weighted by Gasteiger charge is -2.16. The van der Waals surface area contributed by atoms with Crippen LogP contribution in [0.15, 0.2) is 42.5 Å². The predicted molar refractivity (Wildman–Crippen MR) is 71.5 cm³/mol. The van der Waals surface area contributed by atoms with Gasteiger partial charge in [0.25, 0.3) is 0 Å². The number of para-hydroxylation sites is 1. The maximum atomic E-state index is 13.0. The minimum absolute atomic E-state index is 0.0469. The molecule has 0 amide bonds. The first-order valence-corrected chi connectivity index (χ1v) is 6.37. The number of rotatable bonds is 3. The molecular formula is C15H11F6NO. The fourth-order valence-corrected chi connectivity index (χ4v) is 2.10. The fraction of sp³-hybridized carbons (Fsp3) is 0.200. The van der Waals surface area contributed by atoms with E-state index in [0.717, 1.165) is 18.2 Å². The zero-order chi connectivity index (χ0) is 17.3. The van der Waals surface area contributed by atoms with Crippen LogP contribution in [0.3, 0.4) is 0 Å². The summed E-state index contributed by atoms with van der Waals surface area (Å²) in [5.74, 6) is -0.575. The summed E-state index contributed by atoms with van der Waals surface area (Å²) >= 11 is 0. The molecule has 124 valence electrons. The van der Waals surface area contributed by atoms with Gasteiger partial charge in [-0.2, -0.15) is 13.2 Å². The molecule has 0 radical (unpaired) electrons. The summed E-state index contributed by atoms with van der Waals surface area (Å²) in [5, 5.41) is 0. The van der Waals surface area contributed by atoms with E-state index in [9.17, 15) is 26.3 Å². The van der Waals surface area contributed by atoms with Crippen LogP contribution in [-0.4, -0.2) is 6.36 Å². The first-order chi connectivity index (χ1) is 10.6. The summed E-state index contributed by atoms with van der Waals surface area (Å²) in [6.07, 6.45) is -9.61. The van der Waals surface area contributed by atoms with Crippen molar-refractivity contribution in [2.45, 2.75) is 19.1 Å². The van der Waals surface area contributed by atoms with Gasteiger partial charge in [0, 0.05) is 12.1 Å². The third kappa shape index (κ3) is 4.16. The lowest BCUT2D eigenvalue weighted by Crippen LogP contribution is -2.17. The monoisotopic (exact) mass is 335 g/mol. The number of alkyl halides is 6. The standard InChI is InChI=1S/C15H11F6NO/c16-14(17,18)12-7-9(5-6-10(12)8-22)11-3-1-2-4-13(11)23-15(19,20)21/h1-7H,8,22H2. The van der Waals surface area contributed by atoms with E-state index >= 15 is 0 Å². The summed E-state index contributed by atoms with van der Waals surface area (Å²) in [5.41, 5.74) is 4.00. The van der Waals surface area contributed by atoms with Crippen molar-refractivity contribution in [1.29, 1.82) is 0 Å². The number of benzene rings is 2. The van der Waals surface area contributed by atoms with E-state index < -0.39 is 23.9 Å². The average Bonchev–Trinajstić information content (AvgIpc) is 2.44. The van der Waals surface area contributed by atoms with Crippen LogP contribution in [0, 0.1) is 0 Å². The Morgan fingerprint density at radius 1 is 0.913 bits per heavy atom. The molecule has 0 spiro atoms. The number of halogens is 6. The quantitative estimate of drug-likeness (QED) is 0.823. The van der Waals surface area contributed by atoms with Crippen molar-refractivity contribution in [3.8, 4) is 16.9 Å². The third-order valence-corrected chi connectivity index (χ3v) is 3.06. The van der Waals surface area contributed by atoms with Crippen molar-refractivity contribution in [2.75, 3.05) is 0 Å². The summed E-state index contributed by atoms with van der Waals surface area (Å²) in [6.45, 7) is -0.337. The Balaban J connectivity index is 2.55. The van der Waals surface area contributed by atoms with Gasteiger partial charge in [0.2, 0.25) is 0 Å². The van der Waals surface area contributed by atoms with Crippen LogP contribution in [0.2, 0.25) is 0 Å². The molecule has 0 saturated heterocycles. The second-order valence-corrected chi connectivity index (χ2v) is 4.62. The highest BCUT2D eigenvalue weighted by Crippen LogP contribution is 2.38. The molecule has 0 fully saturated rings. The molecule has 0 atom stereocenters. The lowest BCUT2D eigenvalue weighted by atomic mass is 9.98. The van der Waals surface area contributed by atoms with E-state index in [4.69, 9.17) is 5.73 Å². The molecule has 0 aliphatic rings. The Morgan fingerprint density at radius 3 is 2.13 bits per heavy atom. The summed E-state index contributed by atoms with van der Waals surface area (Å²) < 4.78 is 80.2. The van der Waals surface area contributed by atoms with E-state index in [1.807, 2.05) is 0 Å². The average molecular weight is 335 g/mol. The van der Waals surface area contributed by atoms with E-state index in [1.165, 1.54) is 24.3 Å². The highest BCUT2D eigenvalue weighted by molar-refractivity contribution is 5.71. The molecule has 0 aliphatic carbocycles. The Hall–Kier alpha value is -2.22. The van der Waals surface area contributed by atoms with Gasteiger partial charge >= 0.3 is 12.5 Å². The van der Waals surface area contributed by atoms with Gasteiger partial charge in [-0.3, -0.25) is 0 Å². The van der Waals surface area contributed by atoms with Crippen LogP contribution in [0.5, 0.6) is 5.75 Å². The molecule has 0 aromatic heterocycles. The maximum absolute atomic E-state index is 13.0. The van der Waals surface area contributed by atoms with Crippen molar-refractivity contribution in [2.24, 2.45) is 5.73 Å². The Morgan fingerprint density at radius 2 is 1.57 bits per heavy atom. The van der Waals surface area contributed by atoms with Crippen molar-refractivity contribution in [1.82, 2.24) is 0 Å². The van der Waals surface area contributed by atoms with Gasteiger partial charge in [-0.15, -0.1) is 13.2 Å². The van der Waals surface area contributed by atoms with Gasteiger partial charge in [0.1, 0.15) is 5.75 Å². The van der Waals surface area contributed by atoms with Gasteiger partial charge in [-0.1, -0.05) is 30.3 Å². The normalized spacial score (nSPS) is 12.3. The topological polar surface area (TPSA) is 35.2 Å². The second-order valence-electron chi connectivity index (χ2n) is 4.62. The second kappa shape index (κ2) is 6.11. The molecule has 0 bridgehead atoms. The van der Waals surface area contributed by atoms with Gasteiger partial charge in [-0.05, 0) is 23.3 Å². The maximum Gasteiger partial charge on any atom is 0.573 e. The minimum Gasteiger partial charge on any atom is -0.405 e. The van der Waals surface area contributed by atoms with E-state index in [-0.39, 0.29) is 23.2 Å². The smallest absolute Gasteiger partial charge is 0.405 e. The molecule has 2 rings (SSSR count). The van der Waals surface area contributed by atoms with Crippen molar-refractivity contribution < 1.29 is 31.1 Å². The number of hydrogen-bond donors (Lipinski definition) is 1. The fourth-order valence-electron chi connectivity index (χ4n) is 2.10.